The van der Waals surface area contributed by atoms with E-state index in [0.717, 1.165) is 39.1 Å². The number of aromatic nitrogens is 4. The van der Waals surface area contributed by atoms with Gasteiger partial charge in [0.15, 0.2) is 6.29 Å². The molecule has 2 amide bonds. The Balaban J connectivity index is 1.19. The molecule has 0 spiro atoms. The van der Waals surface area contributed by atoms with Gasteiger partial charge in [-0.2, -0.15) is 4.68 Å². The second-order valence-electron chi connectivity index (χ2n) is 12.1. The van der Waals surface area contributed by atoms with Gasteiger partial charge in [0.2, 0.25) is 5.16 Å². The molecule has 0 aliphatic carbocycles. The fraction of sp³-hybridized carbons (Fsp3) is 0.289. The van der Waals surface area contributed by atoms with Crippen LogP contribution in [0.3, 0.4) is 0 Å². The van der Waals surface area contributed by atoms with Crippen LogP contribution in [0.2, 0.25) is 0 Å². The Morgan fingerprint density at radius 3 is 2.38 bits per heavy atom. The van der Waals surface area contributed by atoms with Crippen LogP contribution in [0.25, 0.3) is 16.8 Å². The molecule has 5 aromatic rings. The summed E-state index contributed by atoms with van der Waals surface area (Å²) in [5.41, 5.74) is 6.15. The first-order valence-corrected chi connectivity index (χ1v) is 17.9. The highest BCUT2D eigenvalue weighted by atomic mass is 32.2. The fourth-order valence-electron chi connectivity index (χ4n) is 5.87. The number of amides is 2. The first kappa shape index (κ1) is 36.5. The lowest BCUT2D eigenvalue weighted by atomic mass is 9.91. The van der Waals surface area contributed by atoms with Crippen molar-refractivity contribution in [2.45, 2.75) is 50.7 Å². The van der Waals surface area contributed by atoms with Gasteiger partial charge >= 0.3 is 12.0 Å². The van der Waals surface area contributed by atoms with Crippen LogP contribution < -0.4 is 10.6 Å². The highest BCUT2D eigenvalue weighted by Gasteiger charge is 2.38. The Labute approximate surface area is 305 Å². The fourth-order valence-corrected chi connectivity index (χ4v) is 6.92. The Hall–Kier alpha value is -5.28. The van der Waals surface area contributed by atoms with Gasteiger partial charge < -0.3 is 35.1 Å². The molecular weight excluding hydrogens is 685 g/mol. The van der Waals surface area contributed by atoms with E-state index >= 15 is 0 Å². The number of phenolic OH excluding ortho intramolecular Hbond substituents is 1. The molecule has 52 heavy (non-hydrogen) atoms. The zero-order valence-corrected chi connectivity index (χ0v) is 29.5. The number of nitrogens with one attached hydrogen (secondary N) is 2. The number of urea groups is 1. The van der Waals surface area contributed by atoms with E-state index in [2.05, 4.69) is 33.1 Å². The van der Waals surface area contributed by atoms with Crippen molar-refractivity contribution in [1.82, 2.24) is 30.8 Å². The van der Waals surface area contributed by atoms with E-state index in [4.69, 9.17) is 14.2 Å². The number of nitrogens with zero attached hydrogens (tertiary/aromatic N) is 4. The molecule has 0 saturated carbocycles. The van der Waals surface area contributed by atoms with Crippen molar-refractivity contribution in [2.24, 2.45) is 5.92 Å². The normalized spacial score (nSPS) is 18.4. The Kier molecular flexibility index (Phi) is 12.1. The highest BCUT2D eigenvalue weighted by Crippen LogP contribution is 2.43. The largest absolute Gasteiger partial charge is 0.508 e. The lowest BCUT2D eigenvalue weighted by molar-refractivity contribution is -0.268. The number of carbonyl (C=O) groups excluding carboxylic acids is 2. The number of hydrogen-bond acceptors (Lipinski definition) is 11. The van der Waals surface area contributed by atoms with Crippen molar-refractivity contribution in [3.63, 3.8) is 0 Å². The summed E-state index contributed by atoms with van der Waals surface area (Å²) in [5, 5.41) is 37.5. The van der Waals surface area contributed by atoms with E-state index in [1.165, 1.54) is 11.8 Å². The van der Waals surface area contributed by atoms with Crippen LogP contribution in [0.4, 0.5) is 4.79 Å². The quantitative estimate of drug-likeness (QED) is 0.0897. The number of carbonyl (C=O) groups is 2. The number of benzene rings is 4. The topological polar surface area (TPSA) is 170 Å². The van der Waals surface area contributed by atoms with Crippen LogP contribution in [0, 0.1) is 5.92 Å². The smallest absolute Gasteiger partial charge is 0.325 e. The monoisotopic (exact) mass is 724 g/mol. The van der Waals surface area contributed by atoms with Gasteiger partial charge in [-0.15, -0.1) is 5.10 Å². The van der Waals surface area contributed by atoms with Crippen LogP contribution >= 0.6 is 11.8 Å². The Morgan fingerprint density at radius 1 is 0.923 bits per heavy atom. The van der Waals surface area contributed by atoms with E-state index < -0.39 is 18.3 Å². The molecule has 1 fully saturated rings. The summed E-state index contributed by atoms with van der Waals surface area (Å²) in [6, 6.07) is 29.7. The SMILES string of the molecule is CCOC(=O)CNC(=O)NCc1ccccc1-c1ccc([C@H]2O[C@@H](CSc3nnnn3-c3ccc(O)cc3)[C@@H](C)[C@@H](c3ccc(CO)cc3)O2)cc1. The van der Waals surface area contributed by atoms with Gasteiger partial charge in [-0.1, -0.05) is 91.5 Å². The standard InChI is InChI=1S/C38H40N6O7S/c1-3-49-34(47)21-40-37(48)39-20-29-6-4-5-7-32(29)26-12-14-28(15-13-26)36-50-33(24(2)35(51-36)27-10-8-25(22-45)9-11-27)23-52-38-41-42-43-44(38)30-16-18-31(46)19-17-30/h4-19,24,33,35-36,45-46H,3,20-23H2,1-2H3,(H2,39,40,48)/t24-,33+,35+,36+/m1/s1. The number of aromatic hydroxyl groups is 1. The third kappa shape index (κ3) is 8.95. The molecule has 4 aromatic carbocycles. The van der Waals surface area contributed by atoms with Crippen molar-refractivity contribution in [3.05, 3.63) is 119 Å². The van der Waals surface area contributed by atoms with Gasteiger partial charge in [-0.25, -0.2) is 4.79 Å². The minimum absolute atomic E-state index is 0.0453. The predicted molar refractivity (Wildman–Crippen MR) is 193 cm³/mol. The number of thioether (sulfide) groups is 1. The molecule has 1 aliphatic heterocycles. The summed E-state index contributed by atoms with van der Waals surface area (Å²) >= 11 is 1.47. The van der Waals surface area contributed by atoms with Gasteiger partial charge in [-0.05, 0) is 69.4 Å². The molecule has 1 aromatic heterocycles. The molecule has 0 unspecified atom stereocenters. The van der Waals surface area contributed by atoms with Gasteiger partial charge in [0.25, 0.3) is 0 Å². The third-order valence-corrected chi connectivity index (χ3v) is 9.69. The number of tetrazole rings is 1. The molecule has 13 nitrogen and oxygen atoms in total. The highest BCUT2D eigenvalue weighted by molar-refractivity contribution is 7.99. The maximum absolute atomic E-state index is 12.3. The van der Waals surface area contributed by atoms with E-state index in [1.54, 1.807) is 35.9 Å². The molecule has 6 rings (SSSR count). The first-order valence-electron chi connectivity index (χ1n) is 16.9. The summed E-state index contributed by atoms with van der Waals surface area (Å²) in [6.45, 7) is 4.06. The van der Waals surface area contributed by atoms with E-state index in [-0.39, 0.29) is 50.2 Å². The van der Waals surface area contributed by atoms with Crippen molar-refractivity contribution >= 4 is 23.8 Å². The second-order valence-corrected chi connectivity index (χ2v) is 13.1. The van der Waals surface area contributed by atoms with Crippen molar-refractivity contribution in [3.8, 4) is 22.6 Å². The molecule has 0 radical (unpaired) electrons. The van der Waals surface area contributed by atoms with Crippen LogP contribution in [0.5, 0.6) is 5.75 Å². The zero-order valence-electron chi connectivity index (χ0n) is 28.7. The summed E-state index contributed by atoms with van der Waals surface area (Å²) in [5.74, 6) is 0.148. The molecule has 4 N–H and O–H groups in total. The molecular formula is C38H40N6O7S. The molecule has 270 valence electrons. The Morgan fingerprint density at radius 2 is 1.65 bits per heavy atom. The third-order valence-electron chi connectivity index (χ3n) is 8.68. The van der Waals surface area contributed by atoms with Gasteiger partial charge in [0.1, 0.15) is 12.3 Å². The molecule has 4 atom stereocenters. The maximum atomic E-state index is 12.3. The van der Waals surface area contributed by atoms with Crippen LogP contribution in [0.15, 0.2) is 102 Å². The Bertz CT molecular complexity index is 1940. The average Bonchev–Trinajstić information content (AvgIpc) is 3.65. The van der Waals surface area contributed by atoms with E-state index in [9.17, 15) is 19.8 Å². The average molecular weight is 725 g/mol. The van der Waals surface area contributed by atoms with E-state index in [1.807, 2.05) is 72.8 Å². The number of ether oxygens (including phenoxy) is 3. The molecule has 1 aliphatic rings. The van der Waals surface area contributed by atoms with E-state index in [0.29, 0.717) is 10.9 Å². The lowest BCUT2D eigenvalue weighted by Crippen LogP contribution is -2.38. The maximum Gasteiger partial charge on any atom is 0.325 e. The number of rotatable bonds is 13. The lowest BCUT2D eigenvalue weighted by Gasteiger charge is -2.41. The number of esters is 1. The van der Waals surface area contributed by atoms with Crippen molar-refractivity contribution in [2.75, 3.05) is 18.9 Å². The number of hydrogen-bond donors (Lipinski definition) is 4. The van der Waals surface area contributed by atoms with Gasteiger partial charge in [0, 0.05) is 23.8 Å². The minimum Gasteiger partial charge on any atom is -0.508 e. The van der Waals surface area contributed by atoms with Crippen LogP contribution in [0.1, 0.15) is 48.5 Å². The van der Waals surface area contributed by atoms with Crippen molar-refractivity contribution < 1.29 is 34.0 Å². The molecule has 1 saturated heterocycles. The molecule has 2 heterocycles. The summed E-state index contributed by atoms with van der Waals surface area (Å²) in [6.07, 6.45) is -1.23. The summed E-state index contributed by atoms with van der Waals surface area (Å²) in [7, 11) is 0. The first-order chi connectivity index (χ1) is 25.3. The summed E-state index contributed by atoms with van der Waals surface area (Å²) in [4.78, 5) is 23.9. The van der Waals surface area contributed by atoms with Crippen LogP contribution in [-0.4, -0.2) is 67.4 Å². The predicted octanol–water partition coefficient (Wildman–Crippen LogP) is 5.47. The second kappa shape index (κ2) is 17.3. The number of aliphatic hydroxyl groups is 1. The minimum atomic E-state index is -0.675. The number of phenols is 1. The van der Waals surface area contributed by atoms with Gasteiger partial charge in [0.05, 0.1) is 31.1 Å². The number of aliphatic hydroxyl groups excluding tert-OH is 1. The van der Waals surface area contributed by atoms with Crippen LogP contribution in [-0.2, 0) is 32.2 Å². The summed E-state index contributed by atoms with van der Waals surface area (Å²) < 4.78 is 19.8. The zero-order chi connectivity index (χ0) is 36.5. The molecule has 14 heteroatoms. The van der Waals surface area contributed by atoms with Gasteiger partial charge in [-0.3, -0.25) is 4.79 Å². The van der Waals surface area contributed by atoms with Crippen molar-refractivity contribution in [1.29, 1.82) is 0 Å². The molecule has 0 bridgehead atoms.